The Bertz CT molecular complexity index is 771. The van der Waals surface area contributed by atoms with E-state index in [0.29, 0.717) is 5.69 Å². The molecule has 0 saturated heterocycles. The Morgan fingerprint density at radius 1 is 1.05 bits per heavy atom. The maximum Gasteiger partial charge on any atom is 0.240 e. The van der Waals surface area contributed by atoms with Crippen molar-refractivity contribution in [3.63, 3.8) is 0 Å². The average Bonchev–Trinajstić information content (AvgIpc) is 2.45. The summed E-state index contributed by atoms with van der Waals surface area (Å²) >= 11 is 1.46. The zero-order chi connectivity index (χ0) is 15.6. The highest BCUT2D eigenvalue weighted by atomic mass is 32.2. The fourth-order valence-electron chi connectivity index (χ4n) is 1.79. The third kappa shape index (κ3) is 3.58. The molecule has 0 spiro atoms. The van der Waals surface area contributed by atoms with E-state index in [1.165, 1.54) is 36.0 Å². The summed E-state index contributed by atoms with van der Waals surface area (Å²) < 4.78 is 26.0. The molecule has 2 aromatic carbocycles. The highest BCUT2D eigenvalue weighted by Crippen LogP contribution is 2.34. The van der Waals surface area contributed by atoms with Gasteiger partial charge in [0, 0.05) is 15.5 Å². The second kappa shape index (κ2) is 6.09. The van der Waals surface area contributed by atoms with Crippen molar-refractivity contribution in [3.05, 3.63) is 47.5 Å². The topological polar surface area (TPSA) is 72.2 Å². The molecule has 2 rings (SSSR count). The highest BCUT2D eigenvalue weighted by molar-refractivity contribution is 7.99. The number of hydrogen-bond donors (Lipinski definition) is 2. The van der Waals surface area contributed by atoms with Crippen LogP contribution in [0.1, 0.15) is 11.1 Å². The van der Waals surface area contributed by atoms with Crippen molar-refractivity contribution in [2.24, 2.45) is 0 Å². The van der Waals surface area contributed by atoms with Gasteiger partial charge in [-0.2, -0.15) is 0 Å². The molecule has 0 aliphatic heterocycles. The molecule has 0 atom stereocenters. The summed E-state index contributed by atoms with van der Waals surface area (Å²) in [6, 6.07) is 10.8. The van der Waals surface area contributed by atoms with Crippen molar-refractivity contribution in [3.8, 4) is 0 Å². The Balaban J connectivity index is 2.39. The average molecular weight is 322 g/mol. The summed E-state index contributed by atoms with van der Waals surface area (Å²) in [5.74, 6) is 0. The fraction of sp³-hybridized carbons (Fsp3) is 0.200. The minimum absolute atomic E-state index is 0.213. The van der Waals surface area contributed by atoms with E-state index in [2.05, 4.69) is 17.7 Å². The van der Waals surface area contributed by atoms with Crippen LogP contribution in [0.3, 0.4) is 0 Å². The van der Waals surface area contributed by atoms with Gasteiger partial charge in [-0.25, -0.2) is 13.1 Å². The summed E-state index contributed by atoms with van der Waals surface area (Å²) in [5, 5.41) is 0. The van der Waals surface area contributed by atoms with Crippen LogP contribution in [-0.4, -0.2) is 15.5 Å². The van der Waals surface area contributed by atoms with Crippen LogP contribution in [-0.2, 0) is 10.0 Å². The third-order valence-corrected chi connectivity index (χ3v) is 5.75. The van der Waals surface area contributed by atoms with Gasteiger partial charge >= 0.3 is 0 Å². The zero-order valence-corrected chi connectivity index (χ0v) is 13.8. The summed E-state index contributed by atoms with van der Waals surface area (Å²) in [6.07, 6.45) is 0. The molecular weight excluding hydrogens is 304 g/mol. The molecule has 0 unspecified atom stereocenters. The van der Waals surface area contributed by atoms with Crippen molar-refractivity contribution < 1.29 is 8.42 Å². The van der Waals surface area contributed by atoms with E-state index in [1.807, 2.05) is 19.1 Å². The van der Waals surface area contributed by atoms with Crippen molar-refractivity contribution in [1.29, 1.82) is 0 Å². The molecule has 0 aliphatic rings. The molecular formula is C15H18N2O2S2. The van der Waals surface area contributed by atoms with Crippen LogP contribution < -0.4 is 10.5 Å². The lowest BCUT2D eigenvalue weighted by molar-refractivity contribution is 0.588. The number of anilines is 1. The van der Waals surface area contributed by atoms with Gasteiger partial charge in [0.1, 0.15) is 0 Å². The van der Waals surface area contributed by atoms with Gasteiger partial charge in [-0.15, -0.1) is 0 Å². The van der Waals surface area contributed by atoms with Gasteiger partial charge < -0.3 is 5.73 Å². The minimum atomic E-state index is -3.46. The van der Waals surface area contributed by atoms with Crippen molar-refractivity contribution >= 4 is 27.5 Å². The summed E-state index contributed by atoms with van der Waals surface area (Å²) in [7, 11) is -2.07. The zero-order valence-electron chi connectivity index (χ0n) is 12.2. The number of hydrogen-bond acceptors (Lipinski definition) is 4. The molecule has 21 heavy (non-hydrogen) atoms. The number of nitrogen functional groups attached to an aromatic ring is 1. The van der Waals surface area contributed by atoms with Gasteiger partial charge in [-0.1, -0.05) is 17.8 Å². The van der Waals surface area contributed by atoms with Crippen molar-refractivity contribution in [2.75, 3.05) is 12.8 Å². The lowest BCUT2D eigenvalue weighted by Crippen LogP contribution is -2.18. The predicted octanol–water partition coefficient (Wildman–Crippen LogP) is 2.94. The first kappa shape index (κ1) is 15.9. The van der Waals surface area contributed by atoms with Gasteiger partial charge in [-0.3, -0.25) is 0 Å². The number of benzene rings is 2. The van der Waals surface area contributed by atoms with E-state index in [1.54, 1.807) is 12.1 Å². The molecule has 0 amide bonds. The van der Waals surface area contributed by atoms with E-state index >= 15 is 0 Å². The molecule has 0 fully saturated rings. The van der Waals surface area contributed by atoms with Crippen LogP contribution >= 0.6 is 11.8 Å². The highest BCUT2D eigenvalue weighted by Gasteiger charge is 2.14. The van der Waals surface area contributed by atoms with Crippen LogP contribution in [0.4, 0.5) is 5.69 Å². The number of nitrogens with one attached hydrogen (secondary N) is 1. The standard InChI is InChI=1S/C15H18N2O2S2/c1-10-4-5-12(8-11(10)2)20-15-9-13(6-7-14(15)16)21(18,19)17-3/h4-9,17H,16H2,1-3H3. The molecule has 0 saturated carbocycles. The molecule has 0 aromatic heterocycles. The third-order valence-electron chi connectivity index (χ3n) is 3.27. The Hall–Kier alpha value is -1.50. The van der Waals surface area contributed by atoms with E-state index in [-0.39, 0.29) is 4.90 Å². The molecule has 3 N–H and O–H groups in total. The normalized spacial score (nSPS) is 11.6. The van der Waals surface area contributed by atoms with Gasteiger partial charge in [0.2, 0.25) is 10.0 Å². The summed E-state index contributed by atoms with van der Waals surface area (Å²) in [5.41, 5.74) is 8.93. The van der Waals surface area contributed by atoms with Crippen LogP contribution in [0.15, 0.2) is 51.1 Å². The van der Waals surface area contributed by atoms with Gasteiger partial charge in [0.05, 0.1) is 4.90 Å². The summed E-state index contributed by atoms with van der Waals surface area (Å²) in [6.45, 7) is 4.10. The Morgan fingerprint density at radius 2 is 1.76 bits per heavy atom. The largest absolute Gasteiger partial charge is 0.398 e. The van der Waals surface area contributed by atoms with Gasteiger partial charge in [-0.05, 0) is 62.4 Å². The molecule has 0 heterocycles. The second-order valence-electron chi connectivity index (χ2n) is 4.76. The van der Waals surface area contributed by atoms with Crippen LogP contribution in [0.5, 0.6) is 0 Å². The summed E-state index contributed by atoms with van der Waals surface area (Å²) in [4.78, 5) is 1.98. The number of nitrogens with two attached hydrogens (primary N) is 1. The lowest BCUT2D eigenvalue weighted by atomic mass is 10.1. The quantitative estimate of drug-likeness (QED) is 0.849. The van der Waals surface area contributed by atoms with Crippen LogP contribution in [0.25, 0.3) is 0 Å². The van der Waals surface area contributed by atoms with Crippen molar-refractivity contribution in [1.82, 2.24) is 4.72 Å². The number of sulfonamides is 1. The predicted molar refractivity (Wildman–Crippen MR) is 87.1 cm³/mol. The molecule has 112 valence electrons. The molecule has 0 aliphatic carbocycles. The minimum Gasteiger partial charge on any atom is -0.398 e. The number of rotatable bonds is 4. The molecule has 4 nitrogen and oxygen atoms in total. The van der Waals surface area contributed by atoms with Gasteiger partial charge in [0.15, 0.2) is 0 Å². The Kier molecular flexibility index (Phi) is 4.61. The van der Waals surface area contributed by atoms with Crippen molar-refractivity contribution in [2.45, 2.75) is 28.5 Å². The SMILES string of the molecule is CNS(=O)(=O)c1ccc(N)c(Sc2ccc(C)c(C)c2)c1. The molecule has 2 aromatic rings. The Labute approximate surface area is 129 Å². The number of aryl methyl sites for hydroxylation is 2. The maximum atomic E-state index is 11.9. The Morgan fingerprint density at radius 3 is 2.38 bits per heavy atom. The van der Waals surface area contributed by atoms with Crippen LogP contribution in [0, 0.1) is 13.8 Å². The first-order valence-electron chi connectivity index (χ1n) is 6.41. The molecule has 0 bridgehead atoms. The van der Waals surface area contributed by atoms with E-state index < -0.39 is 10.0 Å². The second-order valence-corrected chi connectivity index (χ2v) is 7.76. The fourth-order valence-corrected chi connectivity index (χ4v) is 3.62. The lowest BCUT2D eigenvalue weighted by Gasteiger charge is -2.10. The molecule has 6 heteroatoms. The van der Waals surface area contributed by atoms with Crippen LogP contribution in [0.2, 0.25) is 0 Å². The maximum absolute atomic E-state index is 11.9. The molecule has 0 radical (unpaired) electrons. The van der Waals surface area contributed by atoms with E-state index in [4.69, 9.17) is 5.73 Å². The van der Waals surface area contributed by atoms with E-state index in [9.17, 15) is 8.42 Å². The van der Waals surface area contributed by atoms with E-state index in [0.717, 1.165) is 9.79 Å². The first-order valence-corrected chi connectivity index (χ1v) is 8.71. The smallest absolute Gasteiger partial charge is 0.240 e. The van der Waals surface area contributed by atoms with Gasteiger partial charge in [0.25, 0.3) is 0 Å². The first-order chi connectivity index (χ1) is 9.83. The monoisotopic (exact) mass is 322 g/mol.